The van der Waals surface area contributed by atoms with Crippen molar-refractivity contribution in [3.63, 3.8) is 0 Å². The first-order valence-electron chi connectivity index (χ1n) is 20.1. The summed E-state index contributed by atoms with van der Waals surface area (Å²) in [4.78, 5) is 2.86. The van der Waals surface area contributed by atoms with Crippen LogP contribution in [0.4, 0.5) is 0 Å². The average Bonchev–Trinajstić information content (AvgIpc) is 2.98. The van der Waals surface area contributed by atoms with Crippen LogP contribution in [0.5, 0.6) is 0 Å². The summed E-state index contributed by atoms with van der Waals surface area (Å²) < 4.78 is 0. The van der Waals surface area contributed by atoms with E-state index in [2.05, 4.69) is 25.7 Å². The van der Waals surface area contributed by atoms with Crippen LogP contribution in [-0.2, 0) is 0 Å². The Bertz CT molecular complexity index is 403. The minimum absolute atomic E-state index is 1.37. The zero-order valence-electron chi connectivity index (χ0n) is 29.6. The van der Waals surface area contributed by atoms with Gasteiger partial charge in [-0.05, 0) is 38.9 Å². The van der Waals surface area contributed by atoms with Crippen molar-refractivity contribution in [2.24, 2.45) is 0 Å². The average molecular weight is 578 g/mol. The molecule has 0 aromatic rings. The molecule has 0 unspecified atom stereocenters. The van der Waals surface area contributed by atoms with Gasteiger partial charge in [-0.15, -0.1) is 0 Å². The molecule has 0 radical (unpaired) electrons. The van der Waals surface area contributed by atoms with Crippen molar-refractivity contribution in [2.45, 2.75) is 239 Å². The van der Waals surface area contributed by atoms with Crippen LogP contribution in [0.15, 0.2) is 0 Å². The Kier molecular flexibility index (Phi) is 37.9. The van der Waals surface area contributed by atoms with Gasteiger partial charge in [-0.1, -0.05) is 220 Å². The van der Waals surface area contributed by atoms with E-state index in [1.54, 1.807) is 0 Å². The van der Waals surface area contributed by atoms with Gasteiger partial charge in [0, 0.05) is 0 Å². The molecule has 0 rings (SSSR count). The maximum atomic E-state index is 2.86. The van der Waals surface area contributed by atoms with Crippen LogP contribution >= 0.6 is 0 Å². The van der Waals surface area contributed by atoms with E-state index in [9.17, 15) is 0 Å². The zero-order valence-corrected chi connectivity index (χ0v) is 29.6. The summed E-state index contributed by atoms with van der Waals surface area (Å²) in [6.07, 6.45) is 49.6. The van der Waals surface area contributed by atoms with Crippen LogP contribution in [0.1, 0.15) is 239 Å². The summed E-state index contributed by atoms with van der Waals surface area (Å²) in [6, 6.07) is 0. The van der Waals surface area contributed by atoms with Crippen molar-refractivity contribution < 1.29 is 0 Å². The highest BCUT2D eigenvalue weighted by Gasteiger charge is 2.05. The second kappa shape index (κ2) is 38.0. The van der Waals surface area contributed by atoms with Crippen molar-refractivity contribution >= 4 is 0 Å². The highest BCUT2D eigenvalue weighted by molar-refractivity contribution is 4.61. The Morgan fingerprint density at radius 2 is 0.341 bits per heavy atom. The molecule has 0 saturated carbocycles. The van der Waals surface area contributed by atoms with Crippen LogP contribution in [0, 0.1) is 0 Å². The molecule has 0 fully saturated rings. The number of hydrogen-bond donors (Lipinski definition) is 0. The molecule has 0 aliphatic rings. The number of nitrogens with zero attached hydrogens (tertiary/aromatic N) is 1. The Morgan fingerprint density at radius 1 is 0.195 bits per heavy atom. The van der Waals surface area contributed by atoms with Gasteiger partial charge >= 0.3 is 0 Å². The topological polar surface area (TPSA) is 3.24 Å². The number of hydrogen-bond acceptors (Lipinski definition) is 1. The van der Waals surface area contributed by atoms with E-state index in [4.69, 9.17) is 0 Å². The molecule has 0 atom stereocenters. The molecule has 41 heavy (non-hydrogen) atoms. The molecular weight excluding hydrogens is 494 g/mol. The summed E-state index contributed by atoms with van der Waals surface area (Å²) in [6.45, 7) is 11.1. The SMILES string of the molecule is CCCCCCCCCCCCCCCN(CCCCCCCCCC)CCCCCCCCCCCCCCC. The van der Waals surface area contributed by atoms with Crippen molar-refractivity contribution in [1.82, 2.24) is 4.90 Å². The van der Waals surface area contributed by atoms with Gasteiger partial charge in [0.05, 0.1) is 0 Å². The summed E-state index contributed by atoms with van der Waals surface area (Å²) in [5, 5.41) is 0. The minimum Gasteiger partial charge on any atom is -0.303 e. The van der Waals surface area contributed by atoms with Crippen LogP contribution in [-0.4, -0.2) is 24.5 Å². The molecule has 0 N–H and O–H groups in total. The number of unbranched alkanes of at least 4 members (excludes halogenated alkanes) is 31. The van der Waals surface area contributed by atoms with Gasteiger partial charge in [0.25, 0.3) is 0 Å². The predicted octanol–water partition coefficient (Wildman–Crippen LogP) is 14.6. The molecule has 0 spiro atoms. The molecule has 1 heteroatoms. The van der Waals surface area contributed by atoms with Gasteiger partial charge in [0.1, 0.15) is 0 Å². The molecule has 0 aliphatic carbocycles. The maximum absolute atomic E-state index is 2.86. The summed E-state index contributed by atoms with van der Waals surface area (Å²) >= 11 is 0. The standard InChI is InChI=1S/C40H83N/c1-4-7-10-13-16-19-21-23-25-27-30-33-36-39-41(38-35-32-29-18-15-12-9-6-3)40-37-34-31-28-26-24-22-20-17-14-11-8-5-2/h4-40H2,1-3H3. The maximum Gasteiger partial charge on any atom is -0.00187 e. The van der Waals surface area contributed by atoms with Crippen LogP contribution in [0.3, 0.4) is 0 Å². The van der Waals surface area contributed by atoms with E-state index in [1.807, 2.05) is 0 Å². The van der Waals surface area contributed by atoms with E-state index >= 15 is 0 Å². The Balaban J connectivity index is 3.83. The lowest BCUT2D eigenvalue weighted by atomic mass is 10.0. The third-order valence-electron chi connectivity index (χ3n) is 9.48. The van der Waals surface area contributed by atoms with Crippen LogP contribution in [0.25, 0.3) is 0 Å². The lowest BCUT2D eigenvalue weighted by molar-refractivity contribution is 0.254. The number of rotatable bonds is 37. The zero-order chi connectivity index (χ0) is 29.7. The van der Waals surface area contributed by atoms with Crippen molar-refractivity contribution in [3.05, 3.63) is 0 Å². The van der Waals surface area contributed by atoms with E-state index in [0.29, 0.717) is 0 Å². The second-order valence-electron chi connectivity index (χ2n) is 13.8. The Morgan fingerprint density at radius 3 is 0.512 bits per heavy atom. The molecule has 0 bridgehead atoms. The first kappa shape index (κ1) is 41.0. The molecule has 1 nitrogen and oxygen atoms in total. The van der Waals surface area contributed by atoms with Gasteiger partial charge in [0.2, 0.25) is 0 Å². The first-order chi connectivity index (χ1) is 20.3. The highest BCUT2D eigenvalue weighted by Crippen LogP contribution is 2.15. The van der Waals surface area contributed by atoms with Crippen molar-refractivity contribution in [1.29, 1.82) is 0 Å². The second-order valence-corrected chi connectivity index (χ2v) is 13.8. The summed E-state index contributed by atoms with van der Waals surface area (Å²) in [5.41, 5.74) is 0. The van der Waals surface area contributed by atoms with Gasteiger partial charge in [-0.25, -0.2) is 0 Å². The van der Waals surface area contributed by atoms with Gasteiger partial charge in [0.15, 0.2) is 0 Å². The lowest BCUT2D eigenvalue weighted by Gasteiger charge is -2.22. The first-order valence-corrected chi connectivity index (χ1v) is 20.1. The van der Waals surface area contributed by atoms with Crippen LogP contribution in [0.2, 0.25) is 0 Å². The molecule has 0 aromatic heterocycles. The van der Waals surface area contributed by atoms with Crippen LogP contribution < -0.4 is 0 Å². The largest absolute Gasteiger partial charge is 0.303 e. The fourth-order valence-corrected chi connectivity index (χ4v) is 6.51. The van der Waals surface area contributed by atoms with E-state index in [-0.39, 0.29) is 0 Å². The third kappa shape index (κ3) is 36.1. The van der Waals surface area contributed by atoms with Gasteiger partial charge in [-0.3, -0.25) is 0 Å². The fourth-order valence-electron chi connectivity index (χ4n) is 6.51. The molecule has 0 aliphatic heterocycles. The Labute approximate surface area is 263 Å². The summed E-state index contributed by atoms with van der Waals surface area (Å²) in [7, 11) is 0. The molecular formula is C40H83N. The minimum atomic E-state index is 1.37. The molecule has 0 heterocycles. The summed E-state index contributed by atoms with van der Waals surface area (Å²) in [5.74, 6) is 0. The predicted molar refractivity (Wildman–Crippen MR) is 190 cm³/mol. The molecule has 0 amide bonds. The highest BCUT2D eigenvalue weighted by atomic mass is 15.1. The van der Waals surface area contributed by atoms with Crippen molar-refractivity contribution in [2.75, 3.05) is 19.6 Å². The lowest BCUT2D eigenvalue weighted by Crippen LogP contribution is -2.27. The molecule has 0 saturated heterocycles. The normalized spacial score (nSPS) is 11.7. The van der Waals surface area contributed by atoms with Gasteiger partial charge in [-0.2, -0.15) is 0 Å². The fraction of sp³-hybridized carbons (Fsp3) is 1.00. The van der Waals surface area contributed by atoms with E-state index in [0.717, 1.165) is 0 Å². The third-order valence-corrected chi connectivity index (χ3v) is 9.48. The van der Waals surface area contributed by atoms with E-state index < -0.39 is 0 Å². The van der Waals surface area contributed by atoms with E-state index in [1.165, 1.54) is 238 Å². The Hall–Kier alpha value is -0.0400. The molecule has 0 aromatic carbocycles. The monoisotopic (exact) mass is 578 g/mol. The molecule has 248 valence electrons. The quantitative estimate of drug-likeness (QED) is 0.0664. The van der Waals surface area contributed by atoms with Gasteiger partial charge < -0.3 is 4.90 Å². The smallest absolute Gasteiger partial charge is 0.00187 e. The van der Waals surface area contributed by atoms with Crippen molar-refractivity contribution in [3.8, 4) is 0 Å².